The fraction of sp³-hybridized carbons (Fsp3) is 0.333. The van der Waals surface area contributed by atoms with Crippen LogP contribution in [0.25, 0.3) is 10.9 Å². The number of nitrogens with zero attached hydrogens (tertiary/aromatic N) is 3. The average molecular weight is 454 g/mol. The van der Waals surface area contributed by atoms with Gasteiger partial charge in [-0.25, -0.2) is 9.78 Å². The molecule has 32 heavy (non-hydrogen) atoms. The SMILES string of the molecule is COC(=O)COc1ccc(Cl)cc1C=Nn1c(C2CCCCC2)nc2ccccc2c1=O. The molecule has 1 aliphatic carbocycles. The third kappa shape index (κ3) is 4.83. The Morgan fingerprint density at radius 2 is 2.00 bits per heavy atom. The maximum absolute atomic E-state index is 13.3. The summed E-state index contributed by atoms with van der Waals surface area (Å²) >= 11 is 6.16. The zero-order chi connectivity index (χ0) is 22.5. The van der Waals surface area contributed by atoms with Crippen molar-refractivity contribution in [1.29, 1.82) is 0 Å². The van der Waals surface area contributed by atoms with Crippen LogP contribution < -0.4 is 10.3 Å². The van der Waals surface area contributed by atoms with Gasteiger partial charge in [0, 0.05) is 16.5 Å². The first-order valence-corrected chi connectivity index (χ1v) is 11.0. The molecule has 8 heteroatoms. The number of carbonyl (C=O) groups excluding carboxylic acids is 1. The van der Waals surface area contributed by atoms with E-state index in [2.05, 4.69) is 9.84 Å². The number of methoxy groups -OCH3 is 1. The zero-order valence-corrected chi connectivity index (χ0v) is 18.5. The van der Waals surface area contributed by atoms with Gasteiger partial charge in [-0.2, -0.15) is 9.78 Å². The van der Waals surface area contributed by atoms with E-state index in [4.69, 9.17) is 21.3 Å². The van der Waals surface area contributed by atoms with Crippen LogP contribution in [-0.2, 0) is 9.53 Å². The summed E-state index contributed by atoms with van der Waals surface area (Å²) in [6, 6.07) is 12.3. The maximum atomic E-state index is 13.3. The van der Waals surface area contributed by atoms with E-state index in [0.717, 1.165) is 25.7 Å². The van der Waals surface area contributed by atoms with E-state index in [1.54, 1.807) is 24.3 Å². The van der Waals surface area contributed by atoms with Crippen molar-refractivity contribution in [2.45, 2.75) is 38.0 Å². The molecule has 166 valence electrons. The standard InChI is InChI=1S/C24H24ClN3O4/c1-31-22(29)15-32-21-12-11-18(25)13-17(21)14-26-28-23(16-7-3-2-4-8-16)27-20-10-6-5-9-19(20)24(28)30/h5-6,9-14,16H,2-4,7-8,15H2,1H3. The molecule has 0 N–H and O–H groups in total. The summed E-state index contributed by atoms with van der Waals surface area (Å²) in [4.78, 5) is 29.6. The average Bonchev–Trinajstić information content (AvgIpc) is 2.83. The zero-order valence-electron chi connectivity index (χ0n) is 17.8. The smallest absolute Gasteiger partial charge is 0.343 e. The van der Waals surface area contributed by atoms with Gasteiger partial charge < -0.3 is 9.47 Å². The molecular weight excluding hydrogens is 430 g/mol. The molecule has 4 rings (SSSR count). The molecule has 1 saturated carbocycles. The van der Waals surface area contributed by atoms with Crippen LogP contribution in [-0.4, -0.2) is 35.6 Å². The van der Waals surface area contributed by atoms with Gasteiger partial charge in [0.2, 0.25) is 0 Å². The van der Waals surface area contributed by atoms with Gasteiger partial charge in [-0.15, -0.1) is 0 Å². The highest BCUT2D eigenvalue weighted by molar-refractivity contribution is 6.30. The van der Waals surface area contributed by atoms with Crippen molar-refractivity contribution in [2.24, 2.45) is 5.10 Å². The number of carbonyl (C=O) groups is 1. The van der Waals surface area contributed by atoms with Crippen molar-refractivity contribution in [3.63, 3.8) is 0 Å². The second-order valence-corrected chi connectivity index (χ2v) is 8.17. The Balaban J connectivity index is 1.77. The highest BCUT2D eigenvalue weighted by Crippen LogP contribution is 2.32. The summed E-state index contributed by atoms with van der Waals surface area (Å²) in [6.45, 7) is -0.246. The Kier molecular flexibility index (Phi) is 6.85. The monoisotopic (exact) mass is 453 g/mol. The lowest BCUT2D eigenvalue weighted by molar-refractivity contribution is -0.142. The second kappa shape index (κ2) is 9.96. The van der Waals surface area contributed by atoms with Crippen molar-refractivity contribution in [3.8, 4) is 5.75 Å². The molecular formula is C24H24ClN3O4. The Morgan fingerprint density at radius 1 is 1.22 bits per heavy atom. The fourth-order valence-corrected chi connectivity index (χ4v) is 4.13. The Morgan fingerprint density at radius 3 is 2.78 bits per heavy atom. The number of hydrogen-bond donors (Lipinski definition) is 0. The quantitative estimate of drug-likeness (QED) is 0.404. The molecule has 0 unspecified atom stereocenters. The number of ether oxygens (including phenoxy) is 2. The van der Waals surface area contributed by atoms with Crippen LogP contribution in [0.2, 0.25) is 5.02 Å². The van der Waals surface area contributed by atoms with E-state index >= 15 is 0 Å². The van der Waals surface area contributed by atoms with Gasteiger partial charge in [-0.3, -0.25) is 4.79 Å². The van der Waals surface area contributed by atoms with Gasteiger partial charge in [0.1, 0.15) is 11.6 Å². The molecule has 1 aromatic heterocycles. The van der Waals surface area contributed by atoms with Gasteiger partial charge in [0.05, 0.1) is 24.2 Å². The highest BCUT2D eigenvalue weighted by Gasteiger charge is 2.22. The van der Waals surface area contributed by atoms with Crippen LogP contribution in [0.3, 0.4) is 0 Å². The summed E-state index contributed by atoms with van der Waals surface area (Å²) in [6.07, 6.45) is 6.88. The van der Waals surface area contributed by atoms with E-state index in [-0.39, 0.29) is 18.1 Å². The van der Waals surface area contributed by atoms with E-state index in [1.807, 2.05) is 18.2 Å². The summed E-state index contributed by atoms with van der Waals surface area (Å²) in [5, 5.41) is 5.50. The Hall–Kier alpha value is -3.19. The van der Waals surface area contributed by atoms with Crippen molar-refractivity contribution in [3.05, 3.63) is 69.2 Å². The van der Waals surface area contributed by atoms with Gasteiger partial charge >= 0.3 is 5.97 Å². The van der Waals surface area contributed by atoms with Crippen LogP contribution in [0.5, 0.6) is 5.75 Å². The van der Waals surface area contributed by atoms with Crippen molar-refractivity contribution in [1.82, 2.24) is 9.66 Å². The van der Waals surface area contributed by atoms with Crippen molar-refractivity contribution in [2.75, 3.05) is 13.7 Å². The Bertz CT molecular complexity index is 1220. The molecule has 0 amide bonds. The molecule has 0 bridgehead atoms. The van der Waals surface area contributed by atoms with Crippen LogP contribution in [0.4, 0.5) is 0 Å². The molecule has 1 aliphatic rings. The first-order chi connectivity index (χ1) is 15.6. The van der Waals surface area contributed by atoms with Gasteiger partial charge in [0.15, 0.2) is 6.61 Å². The van der Waals surface area contributed by atoms with Gasteiger partial charge in [-0.1, -0.05) is 43.0 Å². The second-order valence-electron chi connectivity index (χ2n) is 7.73. The van der Waals surface area contributed by atoms with Crippen LogP contribution in [0.1, 0.15) is 49.4 Å². The maximum Gasteiger partial charge on any atom is 0.343 e. The molecule has 1 heterocycles. The number of esters is 1. The molecule has 7 nitrogen and oxygen atoms in total. The molecule has 0 spiro atoms. The molecule has 0 aliphatic heterocycles. The first kappa shape index (κ1) is 22.0. The summed E-state index contributed by atoms with van der Waals surface area (Å²) < 4.78 is 11.6. The molecule has 0 saturated heterocycles. The number of aromatic nitrogens is 2. The fourth-order valence-electron chi connectivity index (χ4n) is 3.94. The number of rotatable bonds is 6. The lowest BCUT2D eigenvalue weighted by Crippen LogP contribution is -2.25. The molecule has 2 aromatic carbocycles. The minimum atomic E-state index is -0.502. The number of benzene rings is 2. The van der Waals surface area contributed by atoms with Gasteiger partial charge in [0.25, 0.3) is 5.56 Å². The molecule has 0 atom stereocenters. The van der Waals surface area contributed by atoms with Crippen molar-refractivity contribution < 1.29 is 14.3 Å². The van der Waals surface area contributed by atoms with Crippen LogP contribution in [0.15, 0.2) is 52.4 Å². The largest absolute Gasteiger partial charge is 0.481 e. The Labute approximate surface area is 190 Å². The molecule has 3 aromatic rings. The lowest BCUT2D eigenvalue weighted by Gasteiger charge is -2.22. The third-order valence-corrected chi connectivity index (χ3v) is 5.84. The summed E-state index contributed by atoms with van der Waals surface area (Å²) in [5.41, 5.74) is 0.997. The minimum Gasteiger partial charge on any atom is -0.481 e. The molecule has 1 fully saturated rings. The predicted octanol–water partition coefficient (Wildman–Crippen LogP) is 4.53. The van der Waals surface area contributed by atoms with Crippen LogP contribution in [0, 0.1) is 0 Å². The number of halogens is 1. The van der Waals surface area contributed by atoms with Crippen molar-refractivity contribution >= 4 is 34.7 Å². The first-order valence-electron chi connectivity index (χ1n) is 10.6. The summed E-state index contributed by atoms with van der Waals surface area (Å²) in [7, 11) is 1.29. The topological polar surface area (TPSA) is 82.8 Å². The van der Waals surface area contributed by atoms with E-state index in [1.165, 1.54) is 24.4 Å². The number of fused-ring (bicyclic) bond motifs is 1. The number of para-hydroxylation sites is 1. The summed E-state index contributed by atoms with van der Waals surface area (Å²) in [5.74, 6) is 0.748. The van der Waals surface area contributed by atoms with Crippen LogP contribution >= 0.6 is 11.6 Å². The highest BCUT2D eigenvalue weighted by atomic mass is 35.5. The lowest BCUT2D eigenvalue weighted by atomic mass is 9.88. The van der Waals surface area contributed by atoms with E-state index in [9.17, 15) is 9.59 Å². The molecule has 0 radical (unpaired) electrons. The predicted molar refractivity (Wildman–Crippen MR) is 124 cm³/mol. The van der Waals surface area contributed by atoms with E-state index < -0.39 is 5.97 Å². The number of hydrogen-bond acceptors (Lipinski definition) is 6. The van der Waals surface area contributed by atoms with E-state index in [0.29, 0.717) is 33.1 Å². The minimum absolute atomic E-state index is 0.174. The van der Waals surface area contributed by atoms with Gasteiger partial charge in [-0.05, 0) is 43.2 Å². The third-order valence-electron chi connectivity index (χ3n) is 5.61. The normalized spacial score (nSPS) is 14.7.